The third kappa shape index (κ3) is 5.13. The number of hydrogen-bond acceptors (Lipinski definition) is 4. The van der Waals surface area contributed by atoms with Gasteiger partial charge in [-0.2, -0.15) is 5.26 Å². The van der Waals surface area contributed by atoms with Crippen LogP contribution >= 0.6 is 11.6 Å². The van der Waals surface area contributed by atoms with Crippen LogP contribution in [0.15, 0.2) is 37.0 Å². The number of phenolic OH excluding ortho intramolecular Hbond substituents is 1. The van der Waals surface area contributed by atoms with Crippen LogP contribution in [0.4, 0.5) is 0 Å². The molecule has 0 aliphatic carbocycles. The van der Waals surface area contributed by atoms with Crippen LogP contribution in [0.25, 0.3) is 16.6 Å². The summed E-state index contributed by atoms with van der Waals surface area (Å²) in [6, 6.07) is 8.81. The number of nitriles is 1. The zero-order valence-corrected chi connectivity index (χ0v) is 20.4. The van der Waals surface area contributed by atoms with E-state index in [1.54, 1.807) is 12.1 Å². The van der Waals surface area contributed by atoms with Crippen LogP contribution in [0.1, 0.15) is 52.4 Å². The molecule has 0 amide bonds. The Morgan fingerprint density at radius 3 is 2.48 bits per heavy atom. The highest BCUT2D eigenvalue weighted by Crippen LogP contribution is 2.37. The zero-order chi connectivity index (χ0) is 24.3. The van der Waals surface area contributed by atoms with Crippen LogP contribution in [0.3, 0.4) is 0 Å². The number of phenols is 1. The van der Waals surface area contributed by atoms with Crippen molar-refractivity contribution in [2.24, 2.45) is 5.92 Å². The lowest BCUT2D eigenvalue weighted by molar-refractivity contribution is 0.112. The molecule has 0 saturated carbocycles. The highest BCUT2D eigenvalue weighted by Gasteiger charge is 2.19. The Balaban J connectivity index is 0.000000323. The smallest absolute Gasteiger partial charge is 0.153 e. The highest BCUT2D eigenvalue weighted by atomic mass is 35.5. The summed E-state index contributed by atoms with van der Waals surface area (Å²) in [5, 5.41) is 20.8. The van der Waals surface area contributed by atoms with Crippen molar-refractivity contribution in [3.63, 3.8) is 0 Å². The fourth-order valence-electron chi connectivity index (χ4n) is 4.22. The molecular formula is C27H30ClN3O2. The Bertz CT molecular complexity index is 1230. The molecule has 0 unspecified atom stereocenters. The Morgan fingerprint density at radius 1 is 1.24 bits per heavy atom. The van der Waals surface area contributed by atoms with Gasteiger partial charge in [0.15, 0.2) is 6.29 Å². The summed E-state index contributed by atoms with van der Waals surface area (Å²) in [6.07, 6.45) is 5.25. The second-order valence-corrected chi connectivity index (χ2v) is 9.30. The largest absolute Gasteiger partial charge is 0.506 e. The van der Waals surface area contributed by atoms with E-state index in [0.29, 0.717) is 28.1 Å². The molecule has 0 bridgehead atoms. The van der Waals surface area contributed by atoms with Gasteiger partial charge in [0.05, 0.1) is 39.0 Å². The number of aldehydes is 1. The van der Waals surface area contributed by atoms with Gasteiger partial charge in [-0.15, -0.1) is 0 Å². The molecule has 0 atom stereocenters. The number of halogens is 1. The van der Waals surface area contributed by atoms with E-state index in [1.165, 1.54) is 32.0 Å². The van der Waals surface area contributed by atoms with E-state index >= 15 is 0 Å². The summed E-state index contributed by atoms with van der Waals surface area (Å²) < 4.78 is 1.83. The lowest BCUT2D eigenvalue weighted by Gasteiger charge is -2.26. The lowest BCUT2D eigenvalue weighted by atomic mass is 10.00. The molecule has 1 fully saturated rings. The van der Waals surface area contributed by atoms with E-state index < -0.39 is 0 Å². The van der Waals surface area contributed by atoms with Crippen LogP contribution < -0.4 is 0 Å². The van der Waals surface area contributed by atoms with Gasteiger partial charge in [-0.1, -0.05) is 25.1 Å². The Hall–Kier alpha value is -3.07. The predicted octanol–water partition coefficient (Wildman–Crippen LogP) is 6.17. The fourth-order valence-corrected chi connectivity index (χ4v) is 4.48. The quantitative estimate of drug-likeness (QED) is 0.471. The van der Waals surface area contributed by atoms with Gasteiger partial charge < -0.3 is 14.6 Å². The number of benzene rings is 2. The molecule has 1 aliphatic heterocycles. The molecule has 2 heterocycles. The Kier molecular flexibility index (Phi) is 7.63. The van der Waals surface area contributed by atoms with Crippen molar-refractivity contribution in [2.75, 3.05) is 20.1 Å². The number of fused-ring (bicyclic) bond motifs is 1. The predicted molar refractivity (Wildman–Crippen MR) is 135 cm³/mol. The monoisotopic (exact) mass is 463 g/mol. The Morgan fingerprint density at radius 2 is 1.91 bits per heavy atom. The summed E-state index contributed by atoms with van der Waals surface area (Å²) in [5.74, 6) is 0.782. The van der Waals surface area contributed by atoms with E-state index in [4.69, 9.17) is 11.6 Å². The molecule has 6 heteroatoms. The summed E-state index contributed by atoms with van der Waals surface area (Å²) >= 11 is 6.26. The van der Waals surface area contributed by atoms with Gasteiger partial charge in [-0.25, -0.2) is 0 Å². The third-order valence-corrected chi connectivity index (χ3v) is 6.60. The molecule has 2 aromatic carbocycles. The summed E-state index contributed by atoms with van der Waals surface area (Å²) in [4.78, 5) is 13.5. The van der Waals surface area contributed by atoms with Gasteiger partial charge in [0, 0.05) is 11.6 Å². The van der Waals surface area contributed by atoms with Gasteiger partial charge >= 0.3 is 0 Å². The summed E-state index contributed by atoms with van der Waals surface area (Å²) in [7, 11) is 2.20. The van der Waals surface area contributed by atoms with Crippen LogP contribution in [0.5, 0.6) is 5.75 Å². The SMILES string of the molecule is C=C(c1c(Cl)ccc(C=O)c1O)n1cc(C)c2cc(C#N)cc(C)c21.CC1CCN(C)CC1. The van der Waals surface area contributed by atoms with Gasteiger partial charge in [-0.05, 0) is 88.1 Å². The number of rotatable bonds is 3. The van der Waals surface area contributed by atoms with Crippen molar-refractivity contribution in [3.8, 4) is 11.8 Å². The van der Waals surface area contributed by atoms with E-state index in [2.05, 4.69) is 31.5 Å². The third-order valence-electron chi connectivity index (χ3n) is 6.29. The molecule has 1 aliphatic rings. The average molecular weight is 464 g/mol. The van der Waals surface area contributed by atoms with E-state index in [-0.39, 0.29) is 11.3 Å². The van der Waals surface area contributed by atoms with Crippen LogP contribution in [0.2, 0.25) is 5.02 Å². The molecule has 33 heavy (non-hydrogen) atoms. The van der Waals surface area contributed by atoms with Crippen molar-refractivity contribution in [2.45, 2.75) is 33.6 Å². The highest BCUT2D eigenvalue weighted by molar-refractivity contribution is 6.32. The number of piperidine rings is 1. The van der Waals surface area contributed by atoms with Crippen molar-refractivity contribution in [3.05, 3.63) is 69.9 Å². The minimum Gasteiger partial charge on any atom is -0.506 e. The maximum atomic E-state index is 11.1. The first-order valence-corrected chi connectivity index (χ1v) is 11.4. The molecular weight excluding hydrogens is 434 g/mol. The van der Waals surface area contributed by atoms with E-state index in [9.17, 15) is 15.2 Å². The number of hydrogen-bond donors (Lipinski definition) is 1. The molecule has 1 saturated heterocycles. The maximum absolute atomic E-state index is 11.1. The number of likely N-dealkylation sites (tertiary alicyclic amines) is 1. The van der Waals surface area contributed by atoms with Crippen LogP contribution in [0, 0.1) is 31.1 Å². The first-order valence-electron chi connectivity index (χ1n) is 11.0. The van der Waals surface area contributed by atoms with Gasteiger partial charge in [-0.3, -0.25) is 4.79 Å². The number of aromatic nitrogens is 1. The number of carbonyl (C=O) groups excluding carboxylic acids is 1. The summed E-state index contributed by atoms with van der Waals surface area (Å²) in [5.41, 5.74) is 4.26. The van der Waals surface area contributed by atoms with Crippen molar-refractivity contribution in [1.29, 1.82) is 5.26 Å². The number of aromatic hydroxyl groups is 1. The standard InChI is InChI=1S/C20H15ClN2O2.C7H15N/c1-11-6-14(8-22)7-16-12(2)9-23(19(11)16)13(3)18-17(21)5-4-15(10-24)20(18)25;1-7-3-5-8(2)6-4-7/h4-7,9-10,25H,3H2,1-2H3;7H,3-6H2,1-2H3. The molecule has 3 aromatic rings. The fraction of sp³-hybridized carbons (Fsp3) is 0.333. The van der Waals surface area contributed by atoms with Crippen molar-refractivity contribution >= 4 is 34.5 Å². The van der Waals surface area contributed by atoms with E-state index in [0.717, 1.165) is 27.9 Å². The molecule has 0 spiro atoms. The Labute approximate surface area is 200 Å². The minimum atomic E-state index is -0.196. The maximum Gasteiger partial charge on any atom is 0.153 e. The normalized spacial score (nSPS) is 14.4. The molecule has 0 radical (unpaired) electrons. The van der Waals surface area contributed by atoms with E-state index in [1.807, 2.05) is 30.7 Å². The number of carbonyl (C=O) groups is 1. The minimum absolute atomic E-state index is 0.150. The molecule has 1 N–H and O–H groups in total. The average Bonchev–Trinajstić information content (AvgIpc) is 3.13. The number of nitrogens with zero attached hydrogens (tertiary/aromatic N) is 3. The van der Waals surface area contributed by atoms with Crippen LogP contribution in [-0.4, -0.2) is 41.0 Å². The lowest BCUT2D eigenvalue weighted by Crippen LogP contribution is -2.28. The van der Waals surface area contributed by atoms with Gasteiger partial charge in [0.2, 0.25) is 0 Å². The summed E-state index contributed by atoms with van der Waals surface area (Å²) in [6.45, 7) is 12.9. The first kappa shape index (κ1) is 24.6. The van der Waals surface area contributed by atoms with Gasteiger partial charge in [0.25, 0.3) is 0 Å². The van der Waals surface area contributed by atoms with Crippen LogP contribution in [-0.2, 0) is 0 Å². The number of aryl methyl sites for hydroxylation is 2. The topological polar surface area (TPSA) is 69.3 Å². The van der Waals surface area contributed by atoms with Crippen molar-refractivity contribution in [1.82, 2.24) is 9.47 Å². The molecule has 4 rings (SSSR count). The molecule has 1 aromatic heterocycles. The first-order chi connectivity index (χ1) is 15.7. The molecule has 5 nitrogen and oxygen atoms in total. The zero-order valence-electron chi connectivity index (χ0n) is 19.7. The second kappa shape index (κ2) is 10.2. The second-order valence-electron chi connectivity index (χ2n) is 8.89. The van der Waals surface area contributed by atoms with Crippen molar-refractivity contribution < 1.29 is 9.90 Å². The van der Waals surface area contributed by atoms with Gasteiger partial charge in [0.1, 0.15) is 5.75 Å². The molecule has 172 valence electrons.